The molecule has 0 spiro atoms. The summed E-state index contributed by atoms with van der Waals surface area (Å²) in [7, 11) is 0. The van der Waals surface area contributed by atoms with E-state index in [1.54, 1.807) is 18.2 Å². The topological polar surface area (TPSA) is 29.5 Å². The van der Waals surface area contributed by atoms with Gasteiger partial charge in [-0.15, -0.1) is 0 Å². The Labute approximate surface area is 112 Å². The van der Waals surface area contributed by atoms with E-state index in [2.05, 4.69) is 13.0 Å². The van der Waals surface area contributed by atoms with Crippen LogP contribution in [0.5, 0.6) is 5.75 Å². The molecule has 0 heterocycles. The van der Waals surface area contributed by atoms with Gasteiger partial charge in [-0.3, -0.25) is 0 Å². The Kier molecular flexibility index (Phi) is 4.17. The van der Waals surface area contributed by atoms with Gasteiger partial charge in [0.2, 0.25) is 0 Å². The van der Waals surface area contributed by atoms with E-state index in [9.17, 15) is 4.39 Å². The Morgan fingerprint density at radius 1 is 1.37 bits per heavy atom. The summed E-state index contributed by atoms with van der Waals surface area (Å²) in [5.74, 6) is 1.16. The van der Waals surface area contributed by atoms with Crippen LogP contribution in [0.3, 0.4) is 0 Å². The Hall–Kier alpha value is -1.87. The number of ether oxygens (including phenoxy) is 1. The Morgan fingerprint density at radius 3 is 2.79 bits per heavy atom. The van der Waals surface area contributed by atoms with E-state index < -0.39 is 0 Å². The van der Waals surface area contributed by atoms with Crippen molar-refractivity contribution in [3.63, 3.8) is 0 Å². The summed E-state index contributed by atoms with van der Waals surface area (Å²) in [6.45, 7) is 2.10. The van der Waals surface area contributed by atoms with Crippen LogP contribution in [0.15, 0.2) is 60.4 Å². The molecule has 2 nitrogen and oxygen atoms in total. The molecule has 0 aromatic heterocycles. The number of benzene rings is 1. The molecule has 100 valence electrons. The van der Waals surface area contributed by atoms with Crippen LogP contribution in [0.4, 0.5) is 4.39 Å². The molecular formula is C16H17FO2. The highest BCUT2D eigenvalue weighted by Gasteiger charge is 2.22. The third kappa shape index (κ3) is 3.80. The molecule has 0 fully saturated rings. The van der Waals surface area contributed by atoms with Gasteiger partial charge >= 0.3 is 0 Å². The van der Waals surface area contributed by atoms with E-state index in [1.165, 1.54) is 12.1 Å². The van der Waals surface area contributed by atoms with Gasteiger partial charge in [0.05, 0.1) is 6.61 Å². The van der Waals surface area contributed by atoms with Crippen LogP contribution in [-0.2, 0) is 0 Å². The molecule has 1 aliphatic rings. The fraction of sp³-hybridized carbons (Fsp3) is 0.250. The maximum atomic E-state index is 12.8. The molecule has 0 radical (unpaired) electrons. The smallest absolute Gasteiger partial charge is 0.127 e. The first-order valence-corrected chi connectivity index (χ1v) is 6.22. The number of aliphatic hydroxyl groups is 1. The van der Waals surface area contributed by atoms with E-state index >= 15 is 0 Å². The van der Waals surface area contributed by atoms with Gasteiger partial charge in [0.1, 0.15) is 17.3 Å². The number of allylic oxidation sites excluding steroid dienone is 5. The molecule has 1 aliphatic carbocycles. The quantitative estimate of drug-likeness (QED) is 0.838. The molecule has 1 aromatic carbocycles. The monoisotopic (exact) mass is 260 g/mol. The molecule has 0 saturated carbocycles. The predicted octanol–water partition coefficient (Wildman–Crippen LogP) is 3.60. The summed E-state index contributed by atoms with van der Waals surface area (Å²) in [6, 6.07) is 5.96. The summed E-state index contributed by atoms with van der Waals surface area (Å²) in [5.41, 5.74) is -0.160. The van der Waals surface area contributed by atoms with Crippen molar-refractivity contribution in [3.05, 3.63) is 66.2 Å². The molecule has 19 heavy (non-hydrogen) atoms. The number of aliphatic hydroxyl groups excluding tert-OH is 1. The van der Waals surface area contributed by atoms with Gasteiger partial charge in [-0.05, 0) is 30.3 Å². The van der Waals surface area contributed by atoms with Gasteiger partial charge in [-0.2, -0.15) is 0 Å². The molecule has 2 rings (SSSR count). The van der Waals surface area contributed by atoms with Crippen molar-refractivity contribution in [2.45, 2.75) is 13.3 Å². The lowest BCUT2D eigenvalue weighted by Gasteiger charge is -2.26. The number of halogens is 1. The lowest BCUT2D eigenvalue weighted by molar-refractivity contribution is 0.335. The van der Waals surface area contributed by atoms with Crippen molar-refractivity contribution in [2.75, 3.05) is 6.61 Å². The SMILES string of the molecule is C[C@]1(C=CCO)C=CC=C(Oc2ccc(F)cc2)C1. The highest BCUT2D eigenvalue weighted by atomic mass is 19.1. The van der Waals surface area contributed by atoms with Crippen LogP contribution < -0.4 is 4.74 Å². The molecule has 0 aliphatic heterocycles. The lowest BCUT2D eigenvalue weighted by atomic mass is 9.82. The number of hydrogen-bond donors (Lipinski definition) is 1. The Balaban J connectivity index is 2.06. The minimum Gasteiger partial charge on any atom is -0.462 e. The maximum absolute atomic E-state index is 12.8. The van der Waals surface area contributed by atoms with Gasteiger partial charge in [-0.25, -0.2) is 4.39 Å². The fourth-order valence-electron chi connectivity index (χ4n) is 2.03. The van der Waals surface area contributed by atoms with Crippen LogP contribution in [0, 0.1) is 11.2 Å². The zero-order valence-corrected chi connectivity index (χ0v) is 10.8. The molecule has 0 bridgehead atoms. The van der Waals surface area contributed by atoms with E-state index in [4.69, 9.17) is 9.84 Å². The lowest BCUT2D eigenvalue weighted by Crippen LogP contribution is -2.16. The highest BCUT2D eigenvalue weighted by Crippen LogP contribution is 2.33. The van der Waals surface area contributed by atoms with Crippen LogP contribution in [0.2, 0.25) is 0 Å². The summed E-state index contributed by atoms with van der Waals surface area (Å²) < 4.78 is 18.5. The second-order valence-corrected chi connectivity index (χ2v) is 4.82. The molecule has 0 unspecified atom stereocenters. The molecule has 1 N–H and O–H groups in total. The standard InChI is InChI=1S/C16H17FO2/c1-16(10-3-11-18)9-2-4-15(12-16)19-14-7-5-13(17)6-8-14/h2-10,18H,11-12H2,1H3/t16-/m1/s1. The minimum atomic E-state index is -0.277. The average Bonchev–Trinajstić information content (AvgIpc) is 2.39. The first kappa shape index (κ1) is 13.6. The van der Waals surface area contributed by atoms with E-state index in [-0.39, 0.29) is 17.8 Å². The Morgan fingerprint density at radius 2 is 2.11 bits per heavy atom. The van der Waals surface area contributed by atoms with Gasteiger partial charge in [0, 0.05) is 11.8 Å². The Bertz CT molecular complexity index is 514. The second-order valence-electron chi connectivity index (χ2n) is 4.82. The third-order valence-corrected chi connectivity index (χ3v) is 2.98. The molecule has 1 atom stereocenters. The number of rotatable bonds is 4. The third-order valence-electron chi connectivity index (χ3n) is 2.98. The van der Waals surface area contributed by atoms with Gasteiger partial charge in [0.15, 0.2) is 0 Å². The van der Waals surface area contributed by atoms with Gasteiger partial charge in [-0.1, -0.05) is 31.2 Å². The van der Waals surface area contributed by atoms with Gasteiger partial charge in [0.25, 0.3) is 0 Å². The summed E-state index contributed by atoms with van der Waals surface area (Å²) in [5, 5.41) is 8.85. The molecule has 1 aromatic rings. The van der Waals surface area contributed by atoms with Crippen molar-refractivity contribution in [1.29, 1.82) is 0 Å². The predicted molar refractivity (Wildman–Crippen MR) is 73.2 cm³/mol. The number of hydrogen-bond acceptors (Lipinski definition) is 2. The molecule has 3 heteroatoms. The van der Waals surface area contributed by atoms with Crippen molar-refractivity contribution in [2.24, 2.45) is 5.41 Å². The zero-order chi connectivity index (χ0) is 13.7. The summed E-state index contributed by atoms with van der Waals surface area (Å²) in [4.78, 5) is 0. The second kappa shape index (κ2) is 5.85. The van der Waals surface area contributed by atoms with Crippen LogP contribution >= 0.6 is 0 Å². The van der Waals surface area contributed by atoms with E-state index in [0.717, 1.165) is 5.76 Å². The van der Waals surface area contributed by atoms with Crippen molar-refractivity contribution in [3.8, 4) is 5.75 Å². The summed E-state index contributed by atoms with van der Waals surface area (Å²) >= 11 is 0. The molecular weight excluding hydrogens is 243 g/mol. The normalized spacial score (nSPS) is 22.6. The highest BCUT2D eigenvalue weighted by molar-refractivity contribution is 5.29. The van der Waals surface area contributed by atoms with Crippen molar-refractivity contribution in [1.82, 2.24) is 0 Å². The van der Waals surface area contributed by atoms with E-state index in [0.29, 0.717) is 12.2 Å². The van der Waals surface area contributed by atoms with Gasteiger partial charge < -0.3 is 9.84 Å². The fourth-order valence-corrected chi connectivity index (χ4v) is 2.03. The summed E-state index contributed by atoms with van der Waals surface area (Å²) in [6.07, 6.45) is 10.3. The largest absolute Gasteiger partial charge is 0.462 e. The van der Waals surface area contributed by atoms with Crippen LogP contribution in [-0.4, -0.2) is 11.7 Å². The van der Waals surface area contributed by atoms with Crippen LogP contribution in [0.1, 0.15) is 13.3 Å². The van der Waals surface area contributed by atoms with E-state index in [1.807, 2.05) is 18.2 Å². The van der Waals surface area contributed by atoms with Crippen molar-refractivity contribution < 1.29 is 14.2 Å². The average molecular weight is 260 g/mol. The first-order chi connectivity index (χ1) is 9.11. The minimum absolute atomic E-state index is 0.0291. The van der Waals surface area contributed by atoms with Crippen LogP contribution in [0.25, 0.3) is 0 Å². The maximum Gasteiger partial charge on any atom is 0.127 e. The molecule has 0 saturated heterocycles. The van der Waals surface area contributed by atoms with Crippen molar-refractivity contribution >= 4 is 0 Å². The zero-order valence-electron chi connectivity index (χ0n) is 10.8. The molecule has 0 amide bonds. The first-order valence-electron chi connectivity index (χ1n) is 6.22.